The van der Waals surface area contributed by atoms with Crippen molar-refractivity contribution in [2.24, 2.45) is 0 Å². The second-order valence-electron chi connectivity index (χ2n) is 6.77. The van der Waals surface area contributed by atoms with Crippen LogP contribution in [-0.2, 0) is 14.4 Å². The van der Waals surface area contributed by atoms with E-state index in [1.165, 1.54) is 4.90 Å². The molecule has 1 atom stereocenters. The minimum Gasteiger partial charge on any atom is -0.494 e. The van der Waals surface area contributed by atoms with Gasteiger partial charge in [0.2, 0.25) is 11.8 Å². The van der Waals surface area contributed by atoms with Crippen molar-refractivity contribution in [3.8, 4) is 5.75 Å². The molecule has 0 aromatic heterocycles. The van der Waals surface area contributed by atoms with Gasteiger partial charge in [0.25, 0.3) is 5.91 Å². The summed E-state index contributed by atoms with van der Waals surface area (Å²) >= 11 is 0. The first-order valence-corrected chi connectivity index (χ1v) is 8.69. The van der Waals surface area contributed by atoms with Crippen LogP contribution in [-0.4, -0.2) is 48.4 Å². The molecule has 25 heavy (non-hydrogen) atoms. The molecule has 0 bridgehead atoms. The fourth-order valence-electron chi connectivity index (χ4n) is 3.57. The van der Waals surface area contributed by atoms with Gasteiger partial charge in [0, 0.05) is 30.8 Å². The van der Waals surface area contributed by atoms with Crippen LogP contribution in [0.5, 0.6) is 5.75 Å². The van der Waals surface area contributed by atoms with Crippen LogP contribution in [0.1, 0.15) is 32.1 Å². The number of methoxy groups -OCH3 is 1. The Labute approximate surface area is 145 Å². The quantitative estimate of drug-likeness (QED) is 0.820. The highest BCUT2D eigenvalue weighted by atomic mass is 16.5. The van der Waals surface area contributed by atoms with E-state index in [1.807, 2.05) is 12.1 Å². The highest BCUT2D eigenvalue weighted by molar-refractivity contribution is 6.07. The third-order valence-corrected chi connectivity index (χ3v) is 4.98. The minimum atomic E-state index is -0.530. The average molecular weight is 343 g/mol. The number of carbonyl (C=O) groups is 3. The lowest BCUT2D eigenvalue weighted by molar-refractivity contribution is -0.139. The van der Waals surface area contributed by atoms with Crippen molar-refractivity contribution in [1.82, 2.24) is 4.90 Å². The van der Waals surface area contributed by atoms with E-state index in [9.17, 15) is 14.4 Å². The summed E-state index contributed by atoms with van der Waals surface area (Å²) in [7, 11) is 1.56. The Balaban J connectivity index is 1.52. The summed E-state index contributed by atoms with van der Waals surface area (Å²) < 4.78 is 5.43. The molecular weight excluding hydrogens is 322 g/mol. The van der Waals surface area contributed by atoms with Crippen LogP contribution in [0.2, 0.25) is 0 Å². The molecule has 1 aromatic carbocycles. The Bertz CT molecular complexity index is 744. The van der Waals surface area contributed by atoms with Crippen molar-refractivity contribution in [2.45, 2.75) is 44.2 Å². The average Bonchev–Trinajstić information content (AvgIpc) is 3.27. The number of benzene rings is 1. The summed E-state index contributed by atoms with van der Waals surface area (Å²) in [6.45, 7) is 0.688. The van der Waals surface area contributed by atoms with Crippen LogP contribution in [0.25, 0.3) is 0 Å². The standard InChI is InChI=1S/C18H21N3O4/c1-25-15-9-11(4-7-14(15)20-8-2-3-16(20)22)19-13-10-17(23)21(18(13)24)12-5-6-12/h4,7,9,12-13,19H,2-3,5-6,8,10H2,1H3/t13-/m1/s1. The molecule has 1 saturated carbocycles. The summed E-state index contributed by atoms with van der Waals surface area (Å²) in [5.41, 5.74) is 1.44. The van der Waals surface area contributed by atoms with Crippen LogP contribution in [0.3, 0.4) is 0 Å². The van der Waals surface area contributed by atoms with Gasteiger partial charge in [-0.15, -0.1) is 0 Å². The van der Waals surface area contributed by atoms with Gasteiger partial charge in [-0.1, -0.05) is 0 Å². The topological polar surface area (TPSA) is 79.0 Å². The first-order valence-electron chi connectivity index (χ1n) is 8.69. The van der Waals surface area contributed by atoms with E-state index in [4.69, 9.17) is 4.74 Å². The Morgan fingerprint density at radius 1 is 1.16 bits per heavy atom. The van der Waals surface area contributed by atoms with Crippen LogP contribution >= 0.6 is 0 Å². The molecule has 4 rings (SSSR count). The summed E-state index contributed by atoms with van der Waals surface area (Å²) in [6, 6.07) is 4.99. The van der Waals surface area contributed by atoms with Crippen LogP contribution < -0.4 is 15.0 Å². The van der Waals surface area contributed by atoms with Crippen molar-refractivity contribution in [3.05, 3.63) is 18.2 Å². The van der Waals surface area contributed by atoms with E-state index in [1.54, 1.807) is 18.1 Å². The van der Waals surface area contributed by atoms with Crippen LogP contribution in [0.4, 0.5) is 11.4 Å². The first-order chi connectivity index (χ1) is 12.1. The van der Waals surface area contributed by atoms with Gasteiger partial charge in [-0.2, -0.15) is 0 Å². The second-order valence-corrected chi connectivity index (χ2v) is 6.77. The van der Waals surface area contributed by atoms with E-state index in [-0.39, 0.29) is 30.2 Å². The van der Waals surface area contributed by atoms with Gasteiger partial charge in [0.1, 0.15) is 11.8 Å². The van der Waals surface area contributed by atoms with Crippen molar-refractivity contribution >= 4 is 29.1 Å². The van der Waals surface area contributed by atoms with Gasteiger partial charge in [-0.05, 0) is 31.4 Å². The zero-order chi connectivity index (χ0) is 17.6. The highest BCUT2D eigenvalue weighted by Crippen LogP contribution is 2.36. The third kappa shape index (κ3) is 2.83. The number of imide groups is 1. The molecule has 0 spiro atoms. The lowest BCUT2D eigenvalue weighted by Gasteiger charge is -2.21. The second kappa shape index (κ2) is 6.06. The molecule has 0 unspecified atom stereocenters. The predicted octanol–water partition coefficient (Wildman–Crippen LogP) is 1.52. The van der Waals surface area contributed by atoms with Crippen molar-refractivity contribution in [3.63, 3.8) is 0 Å². The molecule has 7 heteroatoms. The number of hydrogen-bond acceptors (Lipinski definition) is 5. The fraction of sp³-hybridized carbons (Fsp3) is 0.500. The Morgan fingerprint density at radius 3 is 2.60 bits per heavy atom. The molecule has 1 N–H and O–H groups in total. The number of amides is 3. The Kier molecular flexibility index (Phi) is 3.86. The first kappa shape index (κ1) is 15.9. The molecule has 2 aliphatic heterocycles. The molecule has 3 amide bonds. The van der Waals surface area contributed by atoms with E-state index in [2.05, 4.69) is 5.32 Å². The van der Waals surface area contributed by atoms with Crippen molar-refractivity contribution in [2.75, 3.05) is 23.9 Å². The molecular formula is C18H21N3O4. The zero-order valence-electron chi connectivity index (χ0n) is 14.2. The summed E-state index contributed by atoms with van der Waals surface area (Å²) in [6.07, 6.45) is 3.41. The molecule has 2 heterocycles. The van der Waals surface area contributed by atoms with E-state index in [0.717, 1.165) is 24.9 Å². The number of ether oxygens (including phenoxy) is 1. The molecule has 1 aromatic rings. The van der Waals surface area contributed by atoms with Crippen molar-refractivity contribution in [1.29, 1.82) is 0 Å². The number of rotatable bonds is 5. The smallest absolute Gasteiger partial charge is 0.252 e. The van der Waals surface area contributed by atoms with Gasteiger partial charge >= 0.3 is 0 Å². The molecule has 132 valence electrons. The maximum Gasteiger partial charge on any atom is 0.252 e. The third-order valence-electron chi connectivity index (χ3n) is 4.98. The van der Waals surface area contributed by atoms with E-state index in [0.29, 0.717) is 24.4 Å². The largest absolute Gasteiger partial charge is 0.494 e. The molecule has 3 fully saturated rings. The maximum absolute atomic E-state index is 12.4. The van der Waals surface area contributed by atoms with Gasteiger partial charge in [0.15, 0.2) is 0 Å². The van der Waals surface area contributed by atoms with Gasteiger partial charge < -0.3 is 15.0 Å². The molecule has 1 aliphatic carbocycles. The summed E-state index contributed by atoms with van der Waals surface area (Å²) in [5.74, 6) is 0.424. The Hall–Kier alpha value is -2.57. The molecule has 3 aliphatic rings. The maximum atomic E-state index is 12.4. The number of anilines is 2. The van der Waals surface area contributed by atoms with Crippen molar-refractivity contribution < 1.29 is 19.1 Å². The van der Waals surface area contributed by atoms with Gasteiger partial charge in [0.05, 0.1) is 19.2 Å². The summed E-state index contributed by atoms with van der Waals surface area (Å²) in [4.78, 5) is 39.6. The molecule has 2 saturated heterocycles. The Morgan fingerprint density at radius 2 is 1.96 bits per heavy atom. The van der Waals surface area contributed by atoms with Crippen LogP contribution in [0.15, 0.2) is 18.2 Å². The normalized spacial score (nSPS) is 23.6. The van der Waals surface area contributed by atoms with Crippen LogP contribution in [0, 0.1) is 0 Å². The highest BCUT2D eigenvalue weighted by Gasteiger charge is 2.46. The minimum absolute atomic E-state index is 0.0932. The zero-order valence-corrected chi connectivity index (χ0v) is 14.2. The number of carbonyl (C=O) groups excluding carboxylic acids is 3. The van der Waals surface area contributed by atoms with E-state index >= 15 is 0 Å². The monoisotopic (exact) mass is 343 g/mol. The predicted molar refractivity (Wildman–Crippen MR) is 91.5 cm³/mol. The lowest BCUT2D eigenvalue weighted by atomic mass is 10.2. The van der Waals surface area contributed by atoms with Gasteiger partial charge in [-0.3, -0.25) is 19.3 Å². The SMILES string of the molecule is COc1cc(N[C@@H]2CC(=O)N(C3CC3)C2=O)ccc1N1CCCC1=O. The number of nitrogens with one attached hydrogen (secondary N) is 1. The lowest BCUT2D eigenvalue weighted by Crippen LogP contribution is -2.36. The van der Waals surface area contributed by atoms with E-state index < -0.39 is 6.04 Å². The van der Waals surface area contributed by atoms with Gasteiger partial charge in [-0.25, -0.2) is 0 Å². The number of likely N-dealkylation sites (tertiary alicyclic amines) is 1. The fourth-order valence-corrected chi connectivity index (χ4v) is 3.57. The summed E-state index contributed by atoms with van der Waals surface area (Å²) in [5, 5.41) is 3.14. The molecule has 7 nitrogen and oxygen atoms in total. The molecule has 0 radical (unpaired) electrons. The number of hydrogen-bond donors (Lipinski definition) is 1. The number of nitrogens with zero attached hydrogens (tertiary/aromatic N) is 2.